The van der Waals surface area contributed by atoms with E-state index in [0.29, 0.717) is 23.4 Å². The van der Waals surface area contributed by atoms with Crippen LogP contribution in [0.3, 0.4) is 0 Å². The molecule has 2 aromatic heterocycles. The second-order valence-electron chi connectivity index (χ2n) is 11.1. The number of nitrogens with zero attached hydrogens (tertiary/aromatic N) is 5. The Hall–Kier alpha value is -3.17. The third kappa shape index (κ3) is 5.89. The molecule has 5 rings (SSSR count). The van der Waals surface area contributed by atoms with Crippen LogP contribution >= 0.6 is 0 Å². The van der Waals surface area contributed by atoms with Crippen LogP contribution in [0, 0.1) is 6.92 Å². The van der Waals surface area contributed by atoms with Crippen LogP contribution in [0.15, 0.2) is 30.6 Å². The number of hydrogen-bond donors (Lipinski definition) is 1. The van der Waals surface area contributed by atoms with E-state index in [1.807, 2.05) is 51.4 Å². The molecule has 1 aliphatic heterocycles. The number of rotatable bonds is 7. The highest BCUT2D eigenvalue weighted by atomic mass is 16.6. The van der Waals surface area contributed by atoms with Gasteiger partial charge in [0.15, 0.2) is 0 Å². The number of nitrogens with one attached hydrogen (secondary N) is 1. The van der Waals surface area contributed by atoms with Crippen LogP contribution in [-0.2, 0) is 4.74 Å². The largest absolute Gasteiger partial charge is 0.495 e. The number of aromatic nitrogens is 3. The van der Waals surface area contributed by atoms with Gasteiger partial charge in [-0.25, -0.2) is 9.78 Å². The molecule has 3 heterocycles. The van der Waals surface area contributed by atoms with E-state index < -0.39 is 6.09 Å². The van der Waals surface area contributed by atoms with Crippen LogP contribution in [0.4, 0.5) is 10.5 Å². The molecule has 1 saturated carbocycles. The zero-order chi connectivity index (χ0) is 27.5. The predicted octanol–water partition coefficient (Wildman–Crippen LogP) is 5.33. The summed E-state index contributed by atoms with van der Waals surface area (Å²) >= 11 is 0. The molecule has 1 saturated heterocycles. The lowest BCUT2D eigenvalue weighted by molar-refractivity contribution is 0.0872. The smallest absolute Gasteiger partial charge is 0.412 e. The van der Waals surface area contributed by atoms with Gasteiger partial charge in [-0.2, -0.15) is 0 Å². The van der Waals surface area contributed by atoms with E-state index in [1.54, 1.807) is 7.11 Å². The molecule has 1 aliphatic carbocycles. The number of carbonyl (C=O) groups is 1. The summed E-state index contributed by atoms with van der Waals surface area (Å²) in [4.78, 5) is 27.3. The summed E-state index contributed by atoms with van der Waals surface area (Å²) in [5, 5.41) is 2.81. The molecule has 0 spiro atoms. The third-order valence-electron chi connectivity index (χ3n) is 8.48. The number of carbonyl (C=O) groups excluding carboxylic acids is 1. The van der Waals surface area contributed by atoms with Crippen molar-refractivity contribution >= 4 is 17.3 Å². The van der Waals surface area contributed by atoms with Crippen molar-refractivity contribution in [3.05, 3.63) is 42.1 Å². The molecular formula is C30H42N6O3. The Kier molecular flexibility index (Phi) is 8.37. The first kappa shape index (κ1) is 27.4. The van der Waals surface area contributed by atoms with Crippen LogP contribution < -0.4 is 10.1 Å². The molecule has 0 radical (unpaired) electrons. The van der Waals surface area contributed by atoms with Gasteiger partial charge in [0.25, 0.3) is 0 Å². The summed E-state index contributed by atoms with van der Waals surface area (Å²) < 4.78 is 13.3. The van der Waals surface area contributed by atoms with Crippen molar-refractivity contribution in [2.24, 2.45) is 0 Å². The standard InChI is InChI=1S/C30H42N6O3/c1-6-20(2)39-30(37)32-25-12-9-23(19-26(25)38-5)27-28-21(3)31-13-14-36(28)29(33-27)22-7-10-24(11-8-22)35-17-15-34(4)16-18-35/h9,12-14,19-20,22,24H,6-8,10-11,15-18H2,1-5H3,(H,32,37)/t20?,22-,24-. The van der Waals surface area contributed by atoms with E-state index in [0.717, 1.165) is 60.6 Å². The van der Waals surface area contributed by atoms with E-state index in [1.165, 1.54) is 25.9 Å². The number of benzene rings is 1. The maximum atomic E-state index is 12.3. The molecule has 2 aliphatic rings. The first-order valence-electron chi connectivity index (χ1n) is 14.3. The van der Waals surface area contributed by atoms with Crippen molar-refractivity contribution in [3.63, 3.8) is 0 Å². The first-order valence-corrected chi connectivity index (χ1v) is 14.3. The number of anilines is 1. The zero-order valence-electron chi connectivity index (χ0n) is 23.9. The van der Waals surface area contributed by atoms with Crippen molar-refractivity contribution in [3.8, 4) is 17.0 Å². The molecule has 1 unspecified atom stereocenters. The number of amides is 1. The highest BCUT2D eigenvalue weighted by Gasteiger charge is 2.31. The summed E-state index contributed by atoms with van der Waals surface area (Å²) in [5.41, 5.74) is 4.35. The van der Waals surface area contributed by atoms with Gasteiger partial charge in [0, 0.05) is 56.1 Å². The molecule has 9 nitrogen and oxygen atoms in total. The molecule has 1 aromatic carbocycles. The lowest BCUT2D eigenvalue weighted by Crippen LogP contribution is -2.49. The minimum Gasteiger partial charge on any atom is -0.495 e. The van der Waals surface area contributed by atoms with E-state index in [2.05, 4.69) is 31.5 Å². The number of hydrogen-bond acceptors (Lipinski definition) is 7. The average molecular weight is 535 g/mol. The Bertz CT molecular complexity index is 1290. The second-order valence-corrected chi connectivity index (χ2v) is 11.1. The average Bonchev–Trinajstić information content (AvgIpc) is 3.34. The molecule has 2 fully saturated rings. The van der Waals surface area contributed by atoms with Crippen LogP contribution in [0.5, 0.6) is 5.75 Å². The summed E-state index contributed by atoms with van der Waals surface area (Å²) in [6.07, 6.45) is 8.72. The van der Waals surface area contributed by atoms with Gasteiger partial charge in [0.05, 0.1) is 29.7 Å². The van der Waals surface area contributed by atoms with Crippen molar-refractivity contribution in [2.45, 2.75) is 70.9 Å². The third-order valence-corrected chi connectivity index (χ3v) is 8.48. The number of aryl methyl sites for hydroxylation is 1. The monoisotopic (exact) mass is 534 g/mol. The summed E-state index contributed by atoms with van der Waals surface area (Å²) in [7, 11) is 3.82. The van der Waals surface area contributed by atoms with Gasteiger partial charge in [0.1, 0.15) is 17.7 Å². The van der Waals surface area contributed by atoms with Gasteiger partial charge < -0.3 is 14.4 Å². The molecule has 1 atom stereocenters. The molecule has 3 aromatic rings. The molecule has 0 bridgehead atoms. The molecule has 210 valence electrons. The maximum Gasteiger partial charge on any atom is 0.412 e. The Labute approximate surface area is 231 Å². The van der Waals surface area contributed by atoms with Crippen LogP contribution in [-0.4, -0.2) is 82.7 Å². The Morgan fingerprint density at radius 2 is 1.90 bits per heavy atom. The van der Waals surface area contributed by atoms with Crippen LogP contribution in [0.25, 0.3) is 16.8 Å². The van der Waals surface area contributed by atoms with Crippen LogP contribution in [0.1, 0.15) is 63.4 Å². The number of imidazole rings is 1. The van der Waals surface area contributed by atoms with Crippen LogP contribution in [0.2, 0.25) is 0 Å². The molecule has 1 amide bonds. The second kappa shape index (κ2) is 11.9. The van der Waals surface area contributed by atoms with E-state index >= 15 is 0 Å². The van der Waals surface area contributed by atoms with Gasteiger partial charge in [-0.15, -0.1) is 0 Å². The molecule has 9 heteroatoms. The topological polar surface area (TPSA) is 84.2 Å². The van der Waals surface area contributed by atoms with E-state index in [9.17, 15) is 4.79 Å². The maximum absolute atomic E-state index is 12.3. The number of ether oxygens (including phenoxy) is 2. The number of piperazine rings is 1. The summed E-state index contributed by atoms with van der Waals surface area (Å²) in [6.45, 7) is 10.6. The van der Waals surface area contributed by atoms with Crippen molar-refractivity contribution in [1.29, 1.82) is 0 Å². The van der Waals surface area contributed by atoms with Crippen molar-refractivity contribution in [2.75, 3.05) is 45.7 Å². The van der Waals surface area contributed by atoms with E-state index in [4.69, 9.17) is 14.5 Å². The van der Waals surface area contributed by atoms with Gasteiger partial charge in [-0.1, -0.05) is 13.0 Å². The highest BCUT2D eigenvalue weighted by Crippen LogP contribution is 2.39. The quantitative estimate of drug-likeness (QED) is 0.438. The number of methoxy groups -OCH3 is 1. The van der Waals surface area contributed by atoms with Gasteiger partial charge in [0.2, 0.25) is 0 Å². The lowest BCUT2D eigenvalue weighted by Gasteiger charge is -2.41. The summed E-state index contributed by atoms with van der Waals surface area (Å²) in [5.74, 6) is 2.08. The van der Waals surface area contributed by atoms with Crippen molar-refractivity contribution < 1.29 is 14.3 Å². The minimum atomic E-state index is -0.489. The Morgan fingerprint density at radius 3 is 2.59 bits per heavy atom. The lowest BCUT2D eigenvalue weighted by atomic mass is 9.84. The van der Waals surface area contributed by atoms with Gasteiger partial charge in [-0.05, 0) is 65.1 Å². The normalized spacial score (nSPS) is 21.6. The fourth-order valence-electron chi connectivity index (χ4n) is 5.94. The molecule has 1 N–H and O–H groups in total. The number of likely N-dealkylation sites (N-methyl/N-ethyl adjacent to an activating group) is 1. The molecule has 39 heavy (non-hydrogen) atoms. The Morgan fingerprint density at radius 1 is 1.15 bits per heavy atom. The molecular weight excluding hydrogens is 492 g/mol. The number of fused-ring (bicyclic) bond motifs is 1. The van der Waals surface area contributed by atoms with Gasteiger partial charge >= 0.3 is 6.09 Å². The van der Waals surface area contributed by atoms with Gasteiger partial charge in [-0.3, -0.25) is 19.6 Å². The minimum absolute atomic E-state index is 0.155. The summed E-state index contributed by atoms with van der Waals surface area (Å²) in [6, 6.07) is 6.44. The van der Waals surface area contributed by atoms with Crippen molar-refractivity contribution in [1.82, 2.24) is 24.2 Å². The fraction of sp³-hybridized carbons (Fsp3) is 0.567. The van der Waals surface area contributed by atoms with E-state index in [-0.39, 0.29) is 6.10 Å². The fourth-order valence-corrected chi connectivity index (χ4v) is 5.94. The Balaban J connectivity index is 1.39. The highest BCUT2D eigenvalue weighted by molar-refractivity contribution is 5.89. The SMILES string of the molecule is CCC(C)OC(=O)Nc1ccc(-c2nc([C@H]3CC[C@H](N4CCN(C)CC4)CC3)n3ccnc(C)c23)cc1OC. The zero-order valence-corrected chi connectivity index (χ0v) is 23.9. The predicted molar refractivity (Wildman–Crippen MR) is 154 cm³/mol. The first-order chi connectivity index (χ1) is 18.9.